The van der Waals surface area contributed by atoms with Gasteiger partial charge in [0, 0.05) is 26.2 Å². The maximum absolute atomic E-state index is 11.2. The second-order valence-electron chi connectivity index (χ2n) is 4.38. The number of nitrogens with zero attached hydrogens (tertiary/aromatic N) is 2. The van der Waals surface area contributed by atoms with Crippen LogP contribution in [0, 0.1) is 10.1 Å². The number of hydrogen-bond donors (Lipinski definition) is 1. The van der Waals surface area contributed by atoms with Gasteiger partial charge in [0.25, 0.3) is 5.69 Å². The van der Waals surface area contributed by atoms with Gasteiger partial charge >= 0.3 is 0 Å². The summed E-state index contributed by atoms with van der Waals surface area (Å²) in [6.45, 7) is 1.64. The molecule has 0 bridgehead atoms. The fourth-order valence-corrected chi connectivity index (χ4v) is 2.03. The lowest BCUT2D eigenvalue weighted by molar-refractivity contribution is -0.384. The van der Waals surface area contributed by atoms with Gasteiger partial charge in [0.15, 0.2) is 11.5 Å². The fraction of sp³-hybridized carbons (Fsp3) is 0.500. The van der Waals surface area contributed by atoms with Gasteiger partial charge in [0.1, 0.15) is 5.69 Å². The third-order valence-corrected chi connectivity index (χ3v) is 3.37. The van der Waals surface area contributed by atoms with Crippen LogP contribution in [-0.4, -0.2) is 45.3 Å². The van der Waals surface area contributed by atoms with Gasteiger partial charge in [-0.2, -0.15) is 0 Å². The van der Waals surface area contributed by atoms with Crippen molar-refractivity contribution in [2.45, 2.75) is 6.04 Å². The molecule has 0 spiro atoms. The van der Waals surface area contributed by atoms with Crippen molar-refractivity contribution in [1.82, 2.24) is 5.32 Å². The van der Waals surface area contributed by atoms with E-state index >= 15 is 0 Å². The Balaban J connectivity index is 2.46. The molecule has 0 unspecified atom stereocenters. The quantitative estimate of drug-likeness (QED) is 0.634. The molecule has 1 aromatic carbocycles. The Hall–Kier alpha value is -2.02. The molecular weight excluding hydrogens is 250 g/mol. The number of rotatable bonds is 5. The Morgan fingerprint density at radius 1 is 1.32 bits per heavy atom. The number of ether oxygens (including phenoxy) is 2. The highest BCUT2D eigenvalue weighted by atomic mass is 16.6. The molecule has 1 aromatic rings. The van der Waals surface area contributed by atoms with Crippen LogP contribution in [0.25, 0.3) is 0 Å². The molecule has 0 radical (unpaired) electrons. The monoisotopic (exact) mass is 267 g/mol. The molecule has 0 amide bonds. The number of hydrogen-bond acceptors (Lipinski definition) is 6. The lowest BCUT2D eigenvalue weighted by Gasteiger charge is -2.36. The lowest BCUT2D eigenvalue weighted by Crippen LogP contribution is -2.56. The normalized spacial score (nSPS) is 14.7. The Kier molecular flexibility index (Phi) is 3.75. The molecule has 1 aliphatic rings. The van der Waals surface area contributed by atoms with Crippen molar-refractivity contribution in [3.8, 4) is 11.5 Å². The van der Waals surface area contributed by atoms with Crippen LogP contribution in [0.5, 0.6) is 11.5 Å². The molecule has 7 nitrogen and oxygen atoms in total. The second kappa shape index (κ2) is 5.31. The summed E-state index contributed by atoms with van der Waals surface area (Å²) < 4.78 is 10.3. The van der Waals surface area contributed by atoms with E-state index in [-0.39, 0.29) is 11.7 Å². The first-order valence-electron chi connectivity index (χ1n) is 5.92. The summed E-state index contributed by atoms with van der Waals surface area (Å²) in [6.07, 6.45) is 0. The van der Waals surface area contributed by atoms with Gasteiger partial charge in [-0.25, -0.2) is 0 Å². The van der Waals surface area contributed by atoms with E-state index in [1.165, 1.54) is 20.3 Å². The van der Waals surface area contributed by atoms with Crippen LogP contribution >= 0.6 is 0 Å². The van der Waals surface area contributed by atoms with E-state index in [0.717, 1.165) is 13.1 Å². The van der Waals surface area contributed by atoms with Crippen molar-refractivity contribution in [2.24, 2.45) is 0 Å². The van der Waals surface area contributed by atoms with Crippen LogP contribution in [0.1, 0.15) is 0 Å². The molecule has 19 heavy (non-hydrogen) atoms. The summed E-state index contributed by atoms with van der Waals surface area (Å²) >= 11 is 0. The van der Waals surface area contributed by atoms with Gasteiger partial charge in [0.2, 0.25) is 0 Å². The first kappa shape index (κ1) is 13.4. The lowest BCUT2D eigenvalue weighted by atomic mass is 10.1. The highest BCUT2D eigenvalue weighted by Crippen LogP contribution is 2.39. The van der Waals surface area contributed by atoms with Gasteiger partial charge in [-0.15, -0.1) is 0 Å². The predicted molar refractivity (Wildman–Crippen MR) is 71.3 cm³/mol. The molecule has 1 N–H and O–H groups in total. The third-order valence-electron chi connectivity index (χ3n) is 3.37. The maximum Gasteiger partial charge on any atom is 0.296 e. The largest absolute Gasteiger partial charge is 0.493 e. The molecule has 1 aliphatic heterocycles. The summed E-state index contributed by atoms with van der Waals surface area (Å²) in [5.74, 6) is 0.848. The molecule has 1 fully saturated rings. The second-order valence-corrected chi connectivity index (χ2v) is 4.38. The van der Waals surface area contributed by atoms with E-state index in [1.54, 1.807) is 6.07 Å². The number of anilines is 1. The predicted octanol–water partition coefficient (Wildman–Crippen LogP) is 1.02. The molecule has 0 atom stereocenters. The molecule has 104 valence electrons. The zero-order valence-corrected chi connectivity index (χ0v) is 11.2. The van der Waals surface area contributed by atoms with Crippen molar-refractivity contribution in [3.05, 3.63) is 22.2 Å². The van der Waals surface area contributed by atoms with E-state index in [9.17, 15) is 10.1 Å². The van der Waals surface area contributed by atoms with E-state index in [4.69, 9.17) is 9.47 Å². The van der Waals surface area contributed by atoms with Crippen molar-refractivity contribution in [2.75, 3.05) is 39.3 Å². The minimum atomic E-state index is -0.403. The Morgan fingerprint density at radius 3 is 2.32 bits per heavy atom. The highest BCUT2D eigenvalue weighted by molar-refractivity contribution is 5.70. The Bertz CT molecular complexity index is 488. The molecule has 0 aromatic heterocycles. The average molecular weight is 267 g/mol. The van der Waals surface area contributed by atoms with Crippen molar-refractivity contribution < 1.29 is 14.4 Å². The van der Waals surface area contributed by atoms with E-state index in [0.29, 0.717) is 17.2 Å². The molecule has 0 aliphatic carbocycles. The van der Waals surface area contributed by atoms with Gasteiger partial charge in [0.05, 0.1) is 31.3 Å². The standard InChI is InChI=1S/C12H17N3O4/c1-14(8-6-13-7-8)9-4-11(18-2)12(19-3)5-10(9)15(16)17/h4-5,8,13H,6-7H2,1-3H3. The topological polar surface area (TPSA) is 76.9 Å². The van der Waals surface area contributed by atoms with Gasteiger partial charge in [-0.3, -0.25) is 10.1 Å². The number of benzene rings is 1. The number of nitro benzene ring substituents is 1. The Labute approximate surface area is 111 Å². The van der Waals surface area contributed by atoms with E-state index in [1.807, 2.05) is 11.9 Å². The van der Waals surface area contributed by atoms with Gasteiger partial charge in [-0.05, 0) is 0 Å². The SMILES string of the molecule is COc1cc(N(C)C2CNC2)c([N+](=O)[O-])cc1OC. The van der Waals surface area contributed by atoms with E-state index < -0.39 is 4.92 Å². The molecule has 7 heteroatoms. The number of likely N-dealkylation sites (N-methyl/N-ethyl adjacent to an activating group) is 1. The third kappa shape index (κ3) is 2.41. The Morgan fingerprint density at radius 2 is 1.89 bits per heavy atom. The van der Waals surface area contributed by atoms with Crippen LogP contribution in [0.2, 0.25) is 0 Å². The van der Waals surface area contributed by atoms with E-state index in [2.05, 4.69) is 5.32 Å². The molecule has 1 saturated heterocycles. The minimum absolute atomic E-state index is 0.0204. The van der Waals surface area contributed by atoms with Gasteiger partial charge in [-0.1, -0.05) is 0 Å². The van der Waals surface area contributed by atoms with Crippen molar-refractivity contribution in [3.63, 3.8) is 0 Å². The average Bonchev–Trinajstić information content (AvgIpc) is 2.34. The molecular formula is C12H17N3O4. The molecule has 1 heterocycles. The summed E-state index contributed by atoms with van der Waals surface area (Å²) in [5.41, 5.74) is 0.557. The highest BCUT2D eigenvalue weighted by Gasteiger charge is 2.28. The summed E-state index contributed by atoms with van der Waals surface area (Å²) in [5, 5.41) is 14.3. The zero-order valence-electron chi connectivity index (χ0n) is 11.2. The van der Waals surface area contributed by atoms with Crippen LogP contribution in [0.3, 0.4) is 0 Å². The van der Waals surface area contributed by atoms with Crippen LogP contribution in [0.4, 0.5) is 11.4 Å². The number of nitrogens with one attached hydrogen (secondary N) is 1. The smallest absolute Gasteiger partial charge is 0.296 e. The van der Waals surface area contributed by atoms with Crippen molar-refractivity contribution in [1.29, 1.82) is 0 Å². The van der Waals surface area contributed by atoms with Gasteiger partial charge < -0.3 is 19.7 Å². The van der Waals surface area contributed by atoms with Crippen LogP contribution in [-0.2, 0) is 0 Å². The molecule has 0 saturated carbocycles. The summed E-state index contributed by atoms with van der Waals surface area (Å²) in [7, 11) is 4.82. The maximum atomic E-state index is 11.2. The fourth-order valence-electron chi connectivity index (χ4n) is 2.03. The summed E-state index contributed by atoms with van der Waals surface area (Å²) in [4.78, 5) is 12.7. The number of nitro groups is 1. The minimum Gasteiger partial charge on any atom is -0.493 e. The zero-order chi connectivity index (χ0) is 14.0. The first-order chi connectivity index (χ1) is 9.08. The summed E-state index contributed by atoms with van der Waals surface area (Å²) in [6, 6.07) is 3.31. The van der Waals surface area contributed by atoms with Crippen LogP contribution < -0.4 is 19.7 Å². The molecule has 2 rings (SSSR count). The number of methoxy groups -OCH3 is 2. The van der Waals surface area contributed by atoms with Crippen LogP contribution in [0.15, 0.2) is 12.1 Å². The van der Waals surface area contributed by atoms with Crippen molar-refractivity contribution >= 4 is 11.4 Å². The first-order valence-corrected chi connectivity index (χ1v) is 5.92.